The molecule has 0 spiro atoms. The van der Waals surface area contributed by atoms with E-state index in [4.69, 9.17) is 0 Å². The van der Waals surface area contributed by atoms with Crippen LogP contribution in [0.25, 0.3) is 0 Å². The van der Waals surface area contributed by atoms with Crippen LogP contribution in [0.3, 0.4) is 0 Å². The van der Waals surface area contributed by atoms with Gasteiger partial charge in [-0.25, -0.2) is 13.1 Å². The van der Waals surface area contributed by atoms with E-state index in [1.54, 1.807) is 12.1 Å². The maximum absolute atomic E-state index is 12.2. The molecule has 0 aromatic heterocycles. The van der Waals surface area contributed by atoms with E-state index < -0.39 is 10.0 Å². The summed E-state index contributed by atoms with van der Waals surface area (Å²) in [6, 6.07) is 6.97. The third kappa shape index (κ3) is 3.91. The molecule has 1 aromatic rings. The summed E-state index contributed by atoms with van der Waals surface area (Å²) >= 11 is 2.16. The Kier molecular flexibility index (Phi) is 4.99. The van der Waals surface area contributed by atoms with E-state index >= 15 is 0 Å². The van der Waals surface area contributed by atoms with Crippen molar-refractivity contribution in [3.05, 3.63) is 27.8 Å². The highest BCUT2D eigenvalue weighted by Gasteiger charge is 2.20. The fourth-order valence-corrected chi connectivity index (χ4v) is 3.70. The van der Waals surface area contributed by atoms with Crippen LogP contribution < -0.4 is 10.0 Å². The summed E-state index contributed by atoms with van der Waals surface area (Å²) in [7, 11) is -3.37. The van der Waals surface area contributed by atoms with Crippen LogP contribution in [0.4, 0.5) is 0 Å². The van der Waals surface area contributed by atoms with Gasteiger partial charge in [0.25, 0.3) is 0 Å². The molecular formula is C12H17IN2O2S. The molecule has 1 heterocycles. The molecule has 1 unspecified atom stereocenters. The van der Waals surface area contributed by atoms with Crippen LogP contribution in [-0.4, -0.2) is 27.5 Å². The van der Waals surface area contributed by atoms with Crippen LogP contribution in [-0.2, 0) is 10.0 Å². The molecule has 1 atom stereocenters. The summed E-state index contributed by atoms with van der Waals surface area (Å²) < 4.78 is 28.2. The number of hydrogen-bond acceptors (Lipinski definition) is 3. The van der Waals surface area contributed by atoms with Crippen LogP contribution in [0.5, 0.6) is 0 Å². The summed E-state index contributed by atoms with van der Waals surface area (Å²) in [6.45, 7) is 1.85. The molecule has 1 saturated heterocycles. The van der Waals surface area contributed by atoms with Crippen LogP contribution in [0.1, 0.15) is 19.3 Å². The lowest BCUT2D eigenvalue weighted by atomic mass is 10.1. The van der Waals surface area contributed by atoms with E-state index in [1.807, 2.05) is 12.1 Å². The fourth-order valence-electron chi connectivity index (χ4n) is 2.04. The molecule has 1 fully saturated rings. The zero-order valence-electron chi connectivity index (χ0n) is 10.0. The maximum atomic E-state index is 12.2. The molecule has 100 valence electrons. The van der Waals surface area contributed by atoms with Gasteiger partial charge in [0.05, 0.1) is 4.90 Å². The lowest BCUT2D eigenvalue weighted by molar-refractivity contribution is 0.518. The summed E-state index contributed by atoms with van der Waals surface area (Å²) in [5.41, 5.74) is 0. The molecule has 0 radical (unpaired) electrons. The van der Waals surface area contributed by atoms with Crippen molar-refractivity contribution in [3.63, 3.8) is 0 Å². The second-order valence-electron chi connectivity index (χ2n) is 4.45. The predicted octanol–water partition coefficient (Wildman–Crippen LogP) is 1.71. The van der Waals surface area contributed by atoms with E-state index in [1.165, 1.54) is 0 Å². The maximum Gasteiger partial charge on any atom is 0.240 e. The van der Waals surface area contributed by atoms with Gasteiger partial charge in [-0.2, -0.15) is 0 Å². The molecule has 18 heavy (non-hydrogen) atoms. The Morgan fingerprint density at radius 1 is 1.17 bits per heavy atom. The Balaban J connectivity index is 2.08. The molecule has 2 rings (SSSR count). The Morgan fingerprint density at radius 3 is 2.61 bits per heavy atom. The van der Waals surface area contributed by atoms with Gasteiger partial charge in [0.15, 0.2) is 0 Å². The average Bonchev–Trinajstić information content (AvgIpc) is 2.57. The molecule has 0 bridgehead atoms. The zero-order valence-corrected chi connectivity index (χ0v) is 13.0. The number of sulfonamides is 1. The third-order valence-electron chi connectivity index (χ3n) is 3.02. The van der Waals surface area contributed by atoms with Crippen molar-refractivity contribution in [2.24, 2.45) is 0 Å². The number of hydrogen-bond donors (Lipinski definition) is 2. The van der Waals surface area contributed by atoms with Crippen molar-refractivity contribution in [2.75, 3.05) is 13.1 Å². The predicted molar refractivity (Wildman–Crippen MR) is 80.0 cm³/mol. The monoisotopic (exact) mass is 380 g/mol. The molecule has 1 aliphatic rings. The van der Waals surface area contributed by atoms with Crippen LogP contribution in [0.15, 0.2) is 29.2 Å². The third-order valence-corrected chi connectivity index (χ3v) is 5.28. The Morgan fingerprint density at radius 2 is 1.89 bits per heavy atom. The lowest BCUT2D eigenvalue weighted by Crippen LogP contribution is -2.35. The average molecular weight is 380 g/mol. The molecular weight excluding hydrogens is 363 g/mol. The van der Waals surface area contributed by atoms with E-state index in [-0.39, 0.29) is 6.04 Å². The standard InChI is InChI=1S/C12H17IN2O2S/c13-10-3-5-12(6-4-10)18(16,17)15-11-2-1-8-14-9-7-11/h3-6,11,14-15H,1-2,7-9H2. The first-order valence-electron chi connectivity index (χ1n) is 6.06. The van der Waals surface area contributed by atoms with Gasteiger partial charge in [0.1, 0.15) is 0 Å². The lowest BCUT2D eigenvalue weighted by Gasteiger charge is -2.16. The highest BCUT2D eigenvalue weighted by Crippen LogP contribution is 2.14. The summed E-state index contributed by atoms with van der Waals surface area (Å²) in [5, 5.41) is 3.27. The fraction of sp³-hybridized carbons (Fsp3) is 0.500. The normalized spacial score (nSPS) is 21.5. The second-order valence-corrected chi connectivity index (χ2v) is 7.41. The van der Waals surface area contributed by atoms with Crippen molar-refractivity contribution in [1.29, 1.82) is 0 Å². The van der Waals surface area contributed by atoms with Crippen molar-refractivity contribution < 1.29 is 8.42 Å². The molecule has 0 saturated carbocycles. The number of halogens is 1. The van der Waals surface area contributed by atoms with Gasteiger partial charge in [-0.1, -0.05) is 0 Å². The summed E-state index contributed by atoms with van der Waals surface area (Å²) in [4.78, 5) is 0.347. The van der Waals surface area contributed by atoms with E-state index in [0.717, 1.165) is 35.9 Å². The van der Waals surface area contributed by atoms with Gasteiger partial charge < -0.3 is 5.32 Å². The van der Waals surface area contributed by atoms with Crippen molar-refractivity contribution in [2.45, 2.75) is 30.2 Å². The SMILES string of the molecule is O=S(=O)(NC1CCCNCC1)c1ccc(I)cc1. The molecule has 1 aromatic carbocycles. The smallest absolute Gasteiger partial charge is 0.240 e. The number of nitrogens with one attached hydrogen (secondary N) is 2. The summed E-state index contributed by atoms with van der Waals surface area (Å²) in [5.74, 6) is 0. The second kappa shape index (κ2) is 6.31. The number of benzene rings is 1. The van der Waals surface area contributed by atoms with Crippen LogP contribution in [0, 0.1) is 3.57 Å². The van der Waals surface area contributed by atoms with Crippen LogP contribution in [0.2, 0.25) is 0 Å². The largest absolute Gasteiger partial charge is 0.317 e. The minimum Gasteiger partial charge on any atom is -0.317 e. The number of rotatable bonds is 3. The minimum atomic E-state index is -3.37. The molecule has 1 aliphatic heterocycles. The topological polar surface area (TPSA) is 58.2 Å². The zero-order chi connectivity index (χ0) is 13.0. The van der Waals surface area contributed by atoms with E-state index in [9.17, 15) is 8.42 Å². The first-order chi connectivity index (χ1) is 8.58. The molecule has 0 aliphatic carbocycles. The van der Waals surface area contributed by atoms with Gasteiger partial charge in [0, 0.05) is 9.61 Å². The van der Waals surface area contributed by atoms with Crippen molar-refractivity contribution >= 4 is 32.6 Å². The Labute approximate surface area is 122 Å². The summed E-state index contributed by atoms with van der Waals surface area (Å²) in [6.07, 6.45) is 2.76. The van der Waals surface area contributed by atoms with Gasteiger partial charge in [-0.15, -0.1) is 0 Å². The Bertz CT molecular complexity index is 479. The van der Waals surface area contributed by atoms with Crippen molar-refractivity contribution in [3.8, 4) is 0 Å². The van der Waals surface area contributed by atoms with Gasteiger partial charge >= 0.3 is 0 Å². The molecule has 4 nitrogen and oxygen atoms in total. The first kappa shape index (κ1) is 14.2. The van der Waals surface area contributed by atoms with Gasteiger partial charge in [0.2, 0.25) is 10.0 Å². The molecule has 6 heteroatoms. The molecule has 2 N–H and O–H groups in total. The molecule has 0 amide bonds. The van der Waals surface area contributed by atoms with E-state index in [2.05, 4.69) is 32.6 Å². The van der Waals surface area contributed by atoms with Gasteiger partial charge in [-0.3, -0.25) is 0 Å². The highest BCUT2D eigenvalue weighted by molar-refractivity contribution is 14.1. The van der Waals surface area contributed by atoms with Gasteiger partial charge in [-0.05, 0) is 79.2 Å². The van der Waals surface area contributed by atoms with Crippen molar-refractivity contribution in [1.82, 2.24) is 10.0 Å². The van der Waals surface area contributed by atoms with E-state index in [0.29, 0.717) is 4.90 Å². The first-order valence-corrected chi connectivity index (χ1v) is 8.63. The minimum absolute atomic E-state index is 0.0456. The van der Waals surface area contributed by atoms with Crippen LogP contribution >= 0.6 is 22.6 Å². The quantitative estimate of drug-likeness (QED) is 0.786. The Hall–Kier alpha value is -0.180. The highest BCUT2D eigenvalue weighted by atomic mass is 127.